The number of aromatic nitrogens is 4. The van der Waals surface area contributed by atoms with E-state index in [-0.39, 0.29) is 6.10 Å². The molecule has 0 bridgehead atoms. The first-order valence-corrected chi connectivity index (χ1v) is 13.9. The molecule has 1 aliphatic heterocycles. The first-order valence-electron chi connectivity index (χ1n) is 13.9. The number of ether oxygens (including phenoxy) is 3. The van der Waals surface area contributed by atoms with Gasteiger partial charge in [0.25, 0.3) is 0 Å². The summed E-state index contributed by atoms with van der Waals surface area (Å²) >= 11 is 0. The van der Waals surface area contributed by atoms with Gasteiger partial charge >= 0.3 is 5.97 Å². The van der Waals surface area contributed by atoms with Gasteiger partial charge in [0.15, 0.2) is 22.9 Å². The fraction of sp³-hybridized carbons (Fsp3) is 0.323. The maximum atomic E-state index is 11.5. The molecule has 0 spiro atoms. The Morgan fingerprint density at radius 2 is 1.93 bits per heavy atom. The van der Waals surface area contributed by atoms with Gasteiger partial charge < -0.3 is 29.5 Å². The Labute approximate surface area is 244 Å². The SMILES string of the molecule is CCOc1ccccc1O[C@@H]1CCCN(c2cncc(Nc3nccc(-c4cccc(OC(C)(C)C(=O)O)c4)n3)n2)C1. The number of para-hydroxylation sites is 2. The van der Waals surface area contributed by atoms with Gasteiger partial charge in [0.2, 0.25) is 5.95 Å². The molecule has 11 heteroatoms. The summed E-state index contributed by atoms with van der Waals surface area (Å²) in [4.78, 5) is 31.8. The first kappa shape index (κ1) is 28.6. The lowest BCUT2D eigenvalue weighted by molar-refractivity contribution is -0.152. The van der Waals surface area contributed by atoms with Crippen LogP contribution in [0.1, 0.15) is 33.6 Å². The van der Waals surface area contributed by atoms with Crippen molar-refractivity contribution in [3.63, 3.8) is 0 Å². The molecule has 0 aliphatic carbocycles. The average Bonchev–Trinajstić information content (AvgIpc) is 2.99. The van der Waals surface area contributed by atoms with E-state index in [4.69, 9.17) is 19.2 Å². The van der Waals surface area contributed by atoms with Crippen molar-refractivity contribution in [3.8, 4) is 28.5 Å². The van der Waals surface area contributed by atoms with Crippen LogP contribution >= 0.6 is 0 Å². The second kappa shape index (κ2) is 12.7. The smallest absolute Gasteiger partial charge is 0.347 e. The van der Waals surface area contributed by atoms with Gasteiger partial charge in [0.05, 0.1) is 31.2 Å². The molecule has 3 heterocycles. The summed E-state index contributed by atoms with van der Waals surface area (Å²) in [5.41, 5.74) is 0.0256. The molecule has 4 aromatic rings. The summed E-state index contributed by atoms with van der Waals surface area (Å²) in [5, 5.41) is 12.5. The number of rotatable bonds is 11. The van der Waals surface area contributed by atoms with Crippen molar-refractivity contribution in [2.24, 2.45) is 0 Å². The third kappa shape index (κ3) is 7.03. The molecule has 1 saturated heterocycles. The molecule has 11 nitrogen and oxygen atoms in total. The van der Waals surface area contributed by atoms with Crippen LogP contribution < -0.4 is 24.4 Å². The molecular weight excluding hydrogens is 536 g/mol. The molecular formula is C31H34N6O5. The molecule has 2 aromatic heterocycles. The fourth-order valence-electron chi connectivity index (χ4n) is 4.56. The quantitative estimate of drug-likeness (QED) is 0.241. The Balaban J connectivity index is 1.27. The highest BCUT2D eigenvalue weighted by molar-refractivity contribution is 5.77. The van der Waals surface area contributed by atoms with Crippen LogP contribution in [0.3, 0.4) is 0 Å². The van der Waals surface area contributed by atoms with Gasteiger partial charge in [-0.25, -0.2) is 19.7 Å². The van der Waals surface area contributed by atoms with Crippen LogP contribution in [0.2, 0.25) is 0 Å². The maximum Gasteiger partial charge on any atom is 0.347 e. The van der Waals surface area contributed by atoms with Crippen LogP contribution in [0.25, 0.3) is 11.3 Å². The fourth-order valence-corrected chi connectivity index (χ4v) is 4.56. The van der Waals surface area contributed by atoms with Crippen LogP contribution in [-0.4, -0.2) is 62.4 Å². The molecule has 2 N–H and O–H groups in total. The van der Waals surface area contributed by atoms with Crippen molar-refractivity contribution >= 4 is 23.6 Å². The van der Waals surface area contributed by atoms with Gasteiger partial charge in [0, 0.05) is 18.3 Å². The van der Waals surface area contributed by atoms with Crippen LogP contribution in [0.5, 0.6) is 17.2 Å². The van der Waals surface area contributed by atoms with Crippen molar-refractivity contribution in [1.82, 2.24) is 19.9 Å². The zero-order chi connectivity index (χ0) is 29.5. The molecule has 2 aromatic carbocycles. The van der Waals surface area contributed by atoms with Crippen molar-refractivity contribution < 1.29 is 24.1 Å². The number of nitrogens with zero attached hydrogens (tertiary/aromatic N) is 5. The Bertz CT molecular complexity index is 1530. The number of aliphatic carboxylic acids is 1. The predicted molar refractivity (Wildman–Crippen MR) is 159 cm³/mol. The van der Waals surface area contributed by atoms with E-state index in [9.17, 15) is 9.90 Å². The van der Waals surface area contributed by atoms with Crippen LogP contribution in [0, 0.1) is 0 Å². The summed E-state index contributed by atoms with van der Waals surface area (Å²) in [5.74, 6) is 2.45. The molecule has 218 valence electrons. The first-order chi connectivity index (χ1) is 20.3. The maximum absolute atomic E-state index is 11.5. The van der Waals surface area contributed by atoms with E-state index in [0.29, 0.717) is 36.4 Å². The molecule has 1 fully saturated rings. The lowest BCUT2D eigenvalue weighted by atomic mass is 10.1. The third-order valence-corrected chi connectivity index (χ3v) is 6.68. The summed E-state index contributed by atoms with van der Waals surface area (Å²) < 4.78 is 17.7. The molecule has 1 aliphatic rings. The van der Waals surface area contributed by atoms with E-state index in [2.05, 4.69) is 25.2 Å². The standard InChI is InChI=1S/C31H34N6O5/c1-4-40-25-12-5-6-13-26(25)41-23-11-8-16-37(20-23)28-19-32-18-27(35-28)36-30-33-15-14-24(34-30)21-9-7-10-22(17-21)42-31(2,3)29(38)39/h5-7,9-10,12-15,17-19,23H,4,8,11,16,20H2,1-3H3,(H,38,39)(H,33,34,35,36)/t23-/m1/s1. The summed E-state index contributed by atoms with van der Waals surface area (Å²) in [6.45, 7) is 7.05. The predicted octanol–water partition coefficient (Wildman–Crippen LogP) is 5.37. The monoisotopic (exact) mass is 570 g/mol. The lowest BCUT2D eigenvalue weighted by Crippen LogP contribution is -2.41. The van der Waals surface area contributed by atoms with Crippen molar-refractivity contribution in [2.45, 2.75) is 45.3 Å². The van der Waals surface area contributed by atoms with E-state index < -0.39 is 11.6 Å². The lowest BCUT2D eigenvalue weighted by Gasteiger charge is -2.33. The van der Waals surface area contributed by atoms with Crippen LogP contribution in [-0.2, 0) is 4.79 Å². The number of benzene rings is 2. The largest absolute Gasteiger partial charge is 0.490 e. The van der Waals surface area contributed by atoms with E-state index in [1.807, 2.05) is 37.3 Å². The minimum Gasteiger partial charge on any atom is -0.490 e. The third-order valence-electron chi connectivity index (χ3n) is 6.68. The Kier molecular flexibility index (Phi) is 8.66. The van der Waals surface area contributed by atoms with E-state index in [1.54, 1.807) is 42.9 Å². The molecule has 0 radical (unpaired) electrons. The number of carboxylic acids is 1. The van der Waals surface area contributed by atoms with Gasteiger partial charge in [-0.05, 0) is 63.9 Å². The van der Waals surface area contributed by atoms with Gasteiger partial charge in [-0.1, -0.05) is 24.3 Å². The van der Waals surface area contributed by atoms with Crippen molar-refractivity contribution in [2.75, 3.05) is 29.9 Å². The minimum atomic E-state index is -1.37. The highest BCUT2D eigenvalue weighted by Gasteiger charge is 2.29. The van der Waals surface area contributed by atoms with E-state index in [1.165, 1.54) is 13.8 Å². The highest BCUT2D eigenvalue weighted by Crippen LogP contribution is 2.30. The van der Waals surface area contributed by atoms with E-state index >= 15 is 0 Å². The number of hydrogen-bond acceptors (Lipinski definition) is 10. The number of anilines is 3. The number of piperidine rings is 1. The number of hydrogen-bond donors (Lipinski definition) is 2. The minimum absolute atomic E-state index is 0.0143. The molecule has 42 heavy (non-hydrogen) atoms. The topological polar surface area (TPSA) is 132 Å². The Hall–Kier alpha value is -4.93. The second-order valence-electron chi connectivity index (χ2n) is 10.3. The normalized spacial score (nSPS) is 15.1. The molecule has 0 amide bonds. The summed E-state index contributed by atoms with van der Waals surface area (Å²) in [7, 11) is 0. The number of nitrogens with one attached hydrogen (secondary N) is 1. The summed E-state index contributed by atoms with van der Waals surface area (Å²) in [6.07, 6.45) is 6.88. The Morgan fingerprint density at radius 1 is 1.10 bits per heavy atom. The van der Waals surface area contributed by atoms with E-state index in [0.717, 1.165) is 42.3 Å². The zero-order valence-corrected chi connectivity index (χ0v) is 23.9. The van der Waals surface area contributed by atoms with Crippen LogP contribution in [0.4, 0.5) is 17.6 Å². The molecule has 0 unspecified atom stereocenters. The van der Waals surface area contributed by atoms with Gasteiger partial charge in [-0.3, -0.25) is 4.98 Å². The summed E-state index contributed by atoms with van der Waals surface area (Å²) in [6, 6.07) is 16.6. The number of carboxylic acid groups (broad SMARTS) is 1. The molecule has 1 atom stereocenters. The van der Waals surface area contributed by atoms with Crippen molar-refractivity contribution in [3.05, 3.63) is 73.2 Å². The Morgan fingerprint density at radius 3 is 2.74 bits per heavy atom. The molecule has 5 rings (SSSR count). The van der Waals surface area contributed by atoms with Gasteiger partial charge in [-0.15, -0.1) is 0 Å². The van der Waals surface area contributed by atoms with Gasteiger partial charge in [0.1, 0.15) is 17.7 Å². The molecule has 0 saturated carbocycles. The zero-order valence-electron chi connectivity index (χ0n) is 23.9. The van der Waals surface area contributed by atoms with Gasteiger partial charge in [-0.2, -0.15) is 0 Å². The van der Waals surface area contributed by atoms with Crippen molar-refractivity contribution in [1.29, 1.82) is 0 Å². The van der Waals surface area contributed by atoms with Crippen LogP contribution in [0.15, 0.2) is 73.2 Å². The average molecular weight is 571 g/mol. The number of carbonyl (C=O) groups is 1. The second-order valence-corrected chi connectivity index (χ2v) is 10.3. The highest BCUT2D eigenvalue weighted by atomic mass is 16.5.